The van der Waals surface area contributed by atoms with Gasteiger partial charge in [0.25, 0.3) is 0 Å². The minimum atomic E-state index is -1.05. The second kappa shape index (κ2) is 4.96. The lowest BCUT2D eigenvalue weighted by atomic mass is 10.3. The van der Waals surface area contributed by atoms with Crippen LogP contribution in [0, 0.1) is 0 Å². The van der Waals surface area contributed by atoms with Crippen LogP contribution in [0.4, 0.5) is 0 Å². The van der Waals surface area contributed by atoms with E-state index in [1.807, 2.05) is 0 Å². The molecule has 10 heavy (non-hydrogen) atoms. The lowest BCUT2D eigenvalue weighted by molar-refractivity contribution is -0.139. The molecule has 0 aliphatic rings. The highest BCUT2D eigenvalue weighted by molar-refractivity contribution is 5.73. The van der Waals surface area contributed by atoms with Gasteiger partial charge >= 0.3 is 5.97 Å². The zero-order chi connectivity index (χ0) is 7.98. The Kier molecular flexibility index (Phi) is 4.53. The van der Waals surface area contributed by atoms with Gasteiger partial charge in [-0.1, -0.05) is 6.08 Å². The second-order valence-electron chi connectivity index (χ2n) is 1.77. The number of carbonyl (C=O) groups is 1. The Balaban J connectivity index is 3.30. The first kappa shape index (κ1) is 9.13. The summed E-state index contributed by atoms with van der Waals surface area (Å²) in [5, 5.41) is 8.25. The third-order valence-electron chi connectivity index (χ3n) is 0.850. The fourth-order valence-corrected chi connectivity index (χ4v) is 0.350. The van der Waals surface area contributed by atoms with Gasteiger partial charge in [0.1, 0.15) is 6.04 Å². The van der Waals surface area contributed by atoms with Crippen LogP contribution in [-0.4, -0.2) is 30.3 Å². The molecule has 0 aromatic heterocycles. The van der Waals surface area contributed by atoms with Crippen molar-refractivity contribution in [1.29, 1.82) is 0 Å². The van der Waals surface area contributed by atoms with Crippen LogP contribution in [0.2, 0.25) is 0 Å². The fraction of sp³-hybridized carbons (Fsp3) is 0.500. The van der Waals surface area contributed by atoms with Crippen LogP contribution >= 0.6 is 0 Å². The molecule has 3 N–H and O–H groups in total. The van der Waals surface area contributed by atoms with Crippen LogP contribution in [0.1, 0.15) is 0 Å². The van der Waals surface area contributed by atoms with Gasteiger partial charge in [-0.15, -0.1) is 6.58 Å². The van der Waals surface area contributed by atoms with Gasteiger partial charge in [0.15, 0.2) is 0 Å². The monoisotopic (exact) mass is 145 g/mol. The summed E-state index contributed by atoms with van der Waals surface area (Å²) < 4.78 is 4.78. The molecule has 0 radical (unpaired) electrons. The summed E-state index contributed by atoms with van der Waals surface area (Å²) in [7, 11) is 0. The molecule has 0 bridgehead atoms. The van der Waals surface area contributed by atoms with Crippen LogP contribution in [-0.2, 0) is 9.53 Å². The molecule has 4 nitrogen and oxygen atoms in total. The third kappa shape index (κ3) is 4.05. The quantitative estimate of drug-likeness (QED) is 0.408. The van der Waals surface area contributed by atoms with Crippen molar-refractivity contribution in [2.75, 3.05) is 13.2 Å². The summed E-state index contributed by atoms with van der Waals surface area (Å²) in [5.41, 5.74) is 5.10. The average molecular weight is 145 g/mol. The van der Waals surface area contributed by atoms with Crippen LogP contribution < -0.4 is 5.73 Å². The summed E-state index contributed by atoms with van der Waals surface area (Å²) in [4.78, 5) is 10.1. The van der Waals surface area contributed by atoms with Gasteiger partial charge in [0.2, 0.25) is 0 Å². The highest BCUT2D eigenvalue weighted by Crippen LogP contribution is 1.81. The molecule has 0 amide bonds. The first-order valence-corrected chi connectivity index (χ1v) is 2.85. The summed E-state index contributed by atoms with van der Waals surface area (Å²) >= 11 is 0. The average Bonchev–Trinajstić information content (AvgIpc) is 1.88. The zero-order valence-electron chi connectivity index (χ0n) is 5.62. The summed E-state index contributed by atoms with van der Waals surface area (Å²) in [6.45, 7) is 3.75. The van der Waals surface area contributed by atoms with Crippen LogP contribution in [0.5, 0.6) is 0 Å². The number of rotatable bonds is 5. The van der Waals surface area contributed by atoms with Crippen molar-refractivity contribution in [2.45, 2.75) is 6.04 Å². The highest BCUT2D eigenvalue weighted by Gasteiger charge is 2.09. The van der Waals surface area contributed by atoms with Crippen molar-refractivity contribution in [1.82, 2.24) is 0 Å². The lowest BCUT2D eigenvalue weighted by Gasteiger charge is -2.04. The van der Waals surface area contributed by atoms with E-state index in [0.717, 1.165) is 0 Å². The Morgan fingerprint density at radius 1 is 1.90 bits per heavy atom. The van der Waals surface area contributed by atoms with Crippen LogP contribution in [0.25, 0.3) is 0 Å². The number of carboxylic acid groups (broad SMARTS) is 1. The third-order valence-corrected chi connectivity index (χ3v) is 0.850. The van der Waals surface area contributed by atoms with Crippen LogP contribution in [0.15, 0.2) is 12.7 Å². The van der Waals surface area contributed by atoms with Gasteiger partial charge in [-0.05, 0) is 0 Å². The SMILES string of the molecule is C=CCOCC(N)C(=O)O. The number of aliphatic carboxylic acids is 1. The molecule has 4 heteroatoms. The van der Waals surface area contributed by atoms with Gasteiger partial charge in [-0.25, -0.2) is 0 Å². The van der Waals surface area contributed by atoms with Crippen molar-refractivity contribution in [3.05, 3.63) is 12.7 Å². The normalized spacial score (nSPS) is 12.5. The molecule has 0 saturated heterocycles. The molecule has 0 rings (SSSR count). The van der Waals surface area contributed by atoms with E-state index in [2.05, 4.69) is 6.58 Å². The molecule has 58 valence electrons. The van der Waals surface area contributed by atoms with E-state index in [0.29, 0.717) is 6.61 Å². The molecule has 0 aromatic carbocycles. The molecule has 0 spiro atoms. The maximum atomic E-state index is 10.1. The molecule has 1 atom stereocenters. The smallest absolute Gasteiger partial charge is 0.322 e. The lowest BCUT2D eigenvalue weighted by Crippen LogP contribution is -2.34. The minimum absolute atomic E-state index is 0.0291. The highest BCUT2D eigenvalue weighted by atomic mass is 16.5. The molecular formula is C6H11NO3. The number of hydrogen-bond acceptors (Lipinski definition) is 3. The van der Waals surface area contributed by atoms with E-state index in [1.54, 1.807) is 0 Å². The Morgan fingerprint density at radius 2 is 2.50 bits per heavy atom. The van der Waals surface area contributed by atoms with Crippen molar-refractivity contribution >= 4 is 5.97 Å². The maximum Gasteiger partial charge on any atom is 0.322 e. The Hall–Kier alpha value is -0.870. The number of hydrogen-bond donors (Lipinski definition) is 2. The van der Waals surface area contributed by atoms with E-state index in [9.17, 15) is 4.79 Å². The zero-order valence-corrected chi connectivity index (χ0v) is 5.62. The molecule has 0 fully saturated rings. The second-order valence-corrected chi connectivity index (χ2v) is 1.77. The van der Waals surface area contributed by atoms with Gasteiger partial charge in [-0.2, -0.15) is 0 Å². The molecule has 0 saturated carbocycles. The molecule has 0 aliphatic heterocycles. The molecule has 0 aliphatic carbocycles. The number of carboxylic acids is 1. The van der Waals surface area contributed by atoms with Crippen molar-refractivity contribution < 1.29 is 14.6 Å². The predicted octanol–water partition coefficient (Wildman–Crippen LogP) is -0.399. The summed E-state index contributed by atoms with van der Waals surface area (Å²) in [6.07, 6.45) is 1.54. The van der Waals surface area contributed by atoms with Gasteiger partial charge < -0.3 is 15.6 Å². The van der Waals surface area contributed by atoms with E-state index in [4.69, 9.17) is 15.6 Å². The Morgan fingerprint density at radius 3 is 2.90 bits per heavy atom. The van der Waals surface area contributed by atoms with E-state index in [1.165, 1.54) is 6.08 Å². The molecule has 0 aromatic rings. The summed E-state index contributed by atoms with van der Waals surface area (Å²) in [5.74, 6) is -1.05. The minimum Gasteiger partial charge on any atom is -0.480 e. The summed E-state index contributed by atoms with van der Waals surface area (Å²) in [6, 6.07) is -0.931. The Labute approximate surface area is 59.3 Å². The first-order chi connectivity index (χ1) is 4.68. The molecule has 0 heterocycles. The molecule has 1 unspecified atom stereocenters. The van der Waals surface area contributed by atoms with Gasteiger partial charge in [-0.3, -0.25) is 4.79 Å². The van der Waals surface area contributed by atoms with E-state index < -0.39 is 12.0 Å². The van der Waals surface area contributed by atoms with E-state index in [-0.39, 0.29) is 6.61 Å². The first-order valence-electron chi connectivity index (χ1n) is 2.85. The van der Waals surface area contributed by atoms with Crippen molar-refractivity contribution in [3.63, 3.8) is 0 Å². The standard InChI is InChI=1S/C6H11NO3/c1-2-3-10-4-5(7)6(8)9/h2,5H,1,3-4,7H2,(H,8,9). The maximum absolute atomic E-state index is 10.1. The van der Waals surface area contributed by atoms with Gasteiger partial charge in [0, 0.05) is 0 Å². The van der Waals surface area contributed by atoms with Gasteiger partial charge in [0.05, 0.1) is 13.2 Å². The molecular weight excluding hydrogens is 134 g/mol. The van der Waals surface area contributed by atoms with Crippen LogP contribution in [0.3, 0.4) is 0 Å². The topological polar surface area (TPSA) is 72.5 Å². The van der Waals surface area contributed by atoms with E-state index >= 15 is 0 Å². The predicted molar refractivity (Wildman–Crippen MR) is 36.6 cm³/mol. The fourth-order valence-electron chi connectivity index (χ4n) is 0.350. The largest absolute Gasteiger partial charge is 0.480 e. The number of ether oxygens (including phenoxy) is 1. The van der Waals surface area contributed by atoms with Crippen molar-refractivity contribution in [2.24, 2.45) is 5.73 Å². The number of nitrogens with two attached hydrogens (primary N) is 1. The Bertz CT molecular complexity index is 124. The van der Waals surface area contributed by atoms with Crippen molar-refractivity contribution in [3.8, 4) is 0 Å².